The summed E-state index contributed by atoms with van der Waals surface area (Å²) in [5.74, 6) is 0.0687. The van der Waals surface area contributed by atoms with Crippen LogP contribution in [-0.4, -0.2) is 12.5 Å². The first-order valence-corrected chi connectivity index (χ1v) is 5.81. The van der Waals surface area contributed by atoms with Gasteiger partial charge in [0.1, 0.15) is 0 Å². The highest BCUT2D eigenvalue weighted by molar-refractivity contribution is 5.97. The number of nitrogens with two attached hydrogens (primary N) is 1. The zero-order valence-electron chi connectivity index (χ0n) is 9.62. The predicted octanol–water partition coefficient (Wildman–Crippen LogP) is 1.93. The van der Waals surface area contributed by atoms with E-state index in [-0.39, 0.29) is 11.3 Å². The molecule has 16 heavy (non-hydrogen) atoms. The number of aryl methyl sites for hydroxylation is 1. The van der Waals surface area contributed by atoms with Gasteiger partial charge < -0.3 is 11.1 Å². The fourth-order valence-corrected chi connectivity index (χ4v) is 1.76. The smallest absolute Gasteiger partial charge is 0.231 e. The fraction of sp³-hybridized carbons (Fsp3) is 0.462. The summed E-state index contributed by atoms with van der Waals surface area (Å²) in [5, 5.41) is 2.93. The fourth-order valence-electron chi connectivity index (χ4n) is 1.76. The molecule has 86 valence electrons. The summed E-state index contributed by atoms with van der Waals surface area (Å²) >= 11 is 0. The van der Waals surface area contributed by atoms with E-state index >= 15 is 0 Å². The zero-order chi connectivity index (χ0) is 11.6. The van der Waals surface area contributed by atoms with Crippen LogP contribution >= 0.6 is 0 Å². The highest BCUT2D eigenvalue weighted by Crippen LogP contribution is 2.45. The molecule has 3 heteroatoms. The second kappa shape index (κ2) is 4.26. The number of carbonyl (C=O) groups is 1. The van der Waals surface area contributed by atoms with Crippen molar-refractivity contribution in [3.05, 3.63) is 29.8 Å². The van der Waals surface area contributed by atoms with Gasteiger partial charge in [-0.05, 0) is 37.0 Å². The Bertz CT molecular complexity index is 379. The first kappa shape index (κ1) is 11.1. The Hall–Kier alpha value is -1.35. The Labute approximate surface area is 96.0 Å². The number of hydrogen-bond donors (Lipinski definition) is 2. The highest BCUT2D eigenvalue weighted by Gasteiger charge is 2.48. The summed E-state index contributed by atoms with van der Waals surface area (Å²) in [5.41, 5.74) is 7.47. The van der Waals surface area contributed by atoms with Gasteiger partial charge in [-0.15, -0.1) is 0 Å². The number of rotatable bonds is 4. The quantitative estimate of drug-likeness (QED) is 0.811. The highest BCUT2D eigenvalue weighted by atomic mass is 16.2. The number of amides is 1. The lowest BCUT2D eigenvalue weighted by molar-refractivity contribution is -0.120. The van der Waals surface area contributed by atoms with Crippen molar-refractivity contribution < 1.29 is 4.79 Å². The van der Waals surface area contributed by atoms with Crippen LogP contribution in [0.4, 0.5) is 5.69 Å². The molecule has 3 N–H and O–H groups in total. The van der Waals surface area contributed by atoms with Crippen LogP contribution in [0.3, 0.4) is 0 Å². The Morgan fingerprint density at radius 1 is 1.38 bits per heavy atom. The maximum atomic E-state index is 11.9. The SMILES string of the molecule is CCc1ccc(NC(=O)C2(CN)CC2)cc1. The van der Waals surface area contributed by atoms with Gasteiger partial charge in [-0.2, -0.15) is 0 Å². The largest absolute Gasteiger partial charge is 0.329 e. The van der Waals surface area contributed by atoms with E-state index in [4.69, 9.17) is 5.73 Å². The summed E-state index contributed by atoms with van der Waals surface area (Å²) in [6.45, 7) is 2.56. The van der Waals surface area contributed by atoms with Crippen LogP contribution in [0.1, 0.15) is 25.3 Å². The molecule has 2 rings (SSSR count). The second-order valence-corrected chi connectivity index (χ2v) is 4.49. The maximum absolute atomic E-state index is 11.9. The molecule has 1 aliphatic rings. The summed E-state index contributed by atoms with van der Waals surface area (Å²) in [4.78, 5) is 11.9. The van der Waals surface area contributed by atoms with E-state index in [1.54, 1.807) is 0 Å². The molecular weight excluding hydrogens is 200 g/mol. The number of hydrogen-bond acceptors (Lipinski definition) is 2. The molecule has 0 radical (unpaired) electrons. The van der Waals surface area contributed by atoms with Crippen LogP contribution in [-0.2, 0) is 11.2 Å². The molecule has 0 aromatic heterocycles. The number of benzene rings is 1. The van der Waals surface area contributed by atoms with E-state index in [9.17, 15) is 4.79 Å². The Kier molecular flexibility index (Phi) is 2.97. The summed E-state index contributed by atoms with van der Waals surface area (Å²) in [7, 11) is 0. The summed E-state index contributed by atoms with van der Waals surface area (Å²) in [6, 6.07) is 7.97. The van der Waals surface area contributed by atoms with Crippen LogP contribution in [0.15, 0.2) is 24.3 Å². The van der Waals surface area contributed by atoms with Crippen LogP contribution < -0.4 is 11.1 Å². The molecule has 1 amide bonds. The second-order valence-electron chi connectivity index (χ2n) is 4.49. The zero-order valence-corrected chi connectivity index (χ0v) is 9.62. The van der Waals surface area contributed by atoms with Crippen molar-refractivity contribution in [2.45, 2.75) is 26.2 Å². The summed E-state index contributed by atoms with van der Waals surface area (Å²) < 4.78 is 0. The number of anilines is 1. The molecule has 0 bridgehead atoms. The number of nitrogens with one attached hydrogen (secondary N) is 1. The van der Waals surface area contributed by atoms with Gasteiger partial charge in [0, 0.05) is 12.2 Å². The van der Waals surface area contributed by atoms with Crippen molar-refractivity contribution in [2.75, 3.05) is 11.9 Å². The van der Waals surface area contributed by atoms with Gasteiger partial charge in [-0.1, -0.05) is 19.1 Å². The molecule has 3 nitrogen and oxygen atoms in total. The normalized spacial score (nSPS) is 16.9. The molecule has 0 saturated heterocycles. The van der Waals surface area contributed by atoms with Gasteiger partial charge in [-0.3, -0.25) is 4.79 Å². The summed E-state index contributed by atoms with van der Waals surface area (Å²) in [6.07, 6.45) is 2.85. The molecule has 0 aliphatic heterocycles. The minimum absolute atomic E-state index is 0.0687. The van der Waals surface area contributed by atoms with Gasteiger partial charge in [0.2, 0.25) is 5.91 Å². The molecule has 1 aromatic carbocycles. The molecule has 1 saturated carbocycles. The van der Waals surface area contributed by atoms with Crippen LogP contribution in [0.25, 0.3) is 0 Å². The number of carbonyl (C=O) groups excluding carboxylic acids is 1. The standard InChI is InChI=1S/C13H18N2O/c1-2-10-3-5-11(6-4-10)15-12(16)13(9-14)7-8-13/h3-6H,2,7-9,14H2,1H3,(H,15,16). The van der Waals surface area contributed by atoms with Gasteiger partial charge in [0.25, 0.3) is 0 Å². The molecule has 0 unspecified atom stereocenters. The third-order valence-corrected chi connectivity index (χ3v) is 3.35. The van der Waals surface area contributed by atoms with Crippen molar-refractivity contribution in [1.82, 2.24) is 0 Å². The van der Waals surface area contributed by atoms with Crippen molar-refractivity contribution in [2.24, 2.45) is 11.1 Å². The van der Waals surface area contributed by atoms with E-state index in [1.165, 1.54) is 5.56 Å². The van der Waals surface area contributed by atoms with Gasteiger partial charge in [-0.25, -0.2) is 0 Å². The Balaban J connectivity index is 2.01. The van der Waals surface area contributed by atoms with Gasteiger partial charge >= 0.3 is 0 Å². The first-order valence-electron chi connectivity index (χ1n) is 5.81. The minimum Gasteiger partial charge on any atom is -0.329 e. The lowest BCUT2D eigenvalue weighted by atomic mass is 10.1. The monoisotopic (exact) mass is 218 g/mol. The van der Waals surface area contributed by atoms with Crippen molar-refractivity contribution in [3.8, 4) is 0 Å². The van der Waals surface area contributed by atoms with Crippen molar-refractivity contribution in [3.63, 3.8) is 0 Å². The van der Waals surface area contributed by atoms with Gasteiger partial charge in [0.05, 0.1) is 5.41 Å². The van der Waals surface area contributed by atoms with E-state index in [1.807, 2.05) is 24.3 Å². The van der Waals surface area contributed by atoms with Crippen molar-refractivity contribution in [1.29, 1.82) is 0 Å². The van der Waals surface area contributed by atoms with Crippen LogP contribution in [0, 0.1) is 5.41 Å². The van der Waals surface area contributed by atoms with E-state index in [0.29, 0.717) is 6.54 Å². The lowest BCUT2D eigenvalue weighted by Crippen LogP contribution is -2.30. The third kappa shape index (κ3) is 2.09. The molecule has 1 fully saturated rings. The van der Waals surface area contributed by atoms with E-state index < -0.39 is 0 Å². The van der Waals surface area contributed by atoms with Crippen LogP contribution in [0.2, 0.25) is 0 Å². The lowest BCUT2D eigenvalue weighted by Gasteiger charge is -2.12. The molecular formula is C13H18N2O. The molecule has 1 aromatic rings. The molecule has 0 heterocycles. The van der Waals surface area contributed by atoms with Gasteiger partial charge in [0.15, 0.2) is 0 Å². The maximum Gasteiger partial charge on any atom is 0.231 e. The average Bonchev–Trinajstić information content (AvgIpc) is 3.11. The minimum atomic E-state index is -0.274. The molecule has 0 atom stereocenters. The van der Waals surface area contributed by atoms with Crippen molar-refractivity contribution >= 4 is 11.6 Å². The molecule has 1 aliphatic carbocycles. The van der Waals surface area contributed by atoms with E-state index in [0.717, 1.165) is 24.9 Å². The molecule has 0 spiro atoms. The van der Waals surface area contributed by atoms with E-state index in [2.05, 4.69) is 12.2 Å². The first-order chi connectivity index (χ1) is 7.70. The topological polar surface area (TPSA) is 55.1 Å². The average molecular weight is 218 g/mol. The Morgan fingerprint density at radius 3 is 2.44 bits per heavy atom. The predicted molar refractivity (Wildman–Crippen MR) is 65.2 cm³/mol. The van der Waals surface area contributed by atoms with Crippen LogP contribution in [0.5, 0.6) is 0 Å². The third-order valence-electron chi connectivity index (χ3n) is 3.35. The Morgan fingerprint density at radius 2 is 2.00 bits per heavy atom.